The Morgan fingerprint density at radius 3 is 2.54 bits per heavy atom. The topological polar surface area (TPSA) is 44.8 Å². The van der Waals surface area contributed by atoms with Crippen LogP contribution in [0.25, 0.3) is 0 Å². The molecule has 5 nitrogen and oxygen atoms in total. The zero-order valence-corrected chi connectivity index (χ0v) is 15.7. The number of nitrogens with zero attached hydrogens (tertiary/aromatic N) is 2. The summed E-state index contributed by atoms with van der Waals surface area (Å²) in [7, 11) is 1.66. The number of hydrogen-bond acceptors (Lipinski definition) is 3. The van der Waals surface area contributed by atoms with E-state index < -0.39 is 0 Å². The van der Waals surface area contributed by atoms with Gasteiger partial charge >= 0.3 is 6.03 Å². The van der Waals surface area contributed by atoms with Crippen LogP contribution < -0.4 is 15.0 Å². The number of carbonyl (C=O) groups is 1. The number of methoxy groups -OCH3 is 1. The molecule has 1 aliphatic heterocycles. The molecule has 0 aliphatic carbocycles. The lowest BCUT2D eigenvalue weighted by atomic mass is 10.1. The third-order valence-corrected chi connectivity index (χ3v) is 4.83. The number of anilines is 1. The molecule has 0 saturated carbocycles. The molecule has 2 aromatic carbocycles. The minimum atomic E-state index is 0.00338. The van der Waals surface area contributed by atoms with Crippen LogP contribution in [0.4, 0.5) is 10.5 Å². The second-order valence-electron chi connectivity index (χ2n) is 6.28. The number of rotatable bonds is 5. The van der Waals surface area contributed by atoms with Crippen LogP contribution in [0.2, 0.25) is 5.02 Å². The average molecular weight is 374 g/mol. The van der Waals surface area contributed by atoms with E-state index in [0.717, 1.165) is 41.5 Å². The molecule has 0 radical (unpaired) electrons. The van der Waals surface area contributed by atoms with Gasteiger partial charge in [-0.3, -0.25) is 0 Å². The molecule has 1 saturated heterocycles. The maximum Gasteiger partial charge on any atom is 0.317 e. The van der Waals surface area contributed by atoms with Crippen molar-refractivity contribution < 1.29 is 9.53 Å². The lowest BCUT2D eigenvalue weighted by molar-refractivity contribution is 0.194. The number of ether oxygens (including phenoxy) is 1. The van der Waals surface area contributed by atoms with Gasteiger partial charge in [-0.05, 0) is 48.4 Å². The summed E-state index contributed by atoms with van der Waals surface area (Å²) in [5.74, 6) is 0.840. The summed E-state index contributed by atoms with van der Waals surface area (Å²) in [6.07, 6.45) is 0.785. The van der Waals surface area contributed by atoms with E-state index in [9.17, 15) is 4.79 Å². The van der Waals surface area contributed by atoms with Gasteiger partial charge in [-0.2, -0.15) is 0 Å². The molecule has 0 atom stereocenters. The summed E-state index contributed by atoms with van der Waals surface area (Å²) in [5, 5.41) is 3.75. The predicted octanol–water partition coefficient (Wildman–Crippen LogP) is 3.42. The minimum absolute atomic E-state index is 0.00338. The van der Waals surface area contributed by atoms with Gasteiger partial charge in [-0.15, -0.1) is 0 Å². The molecule has 0 bridgehead atoms. The Balaban J connectivity index is 1.42. The summed E-state index contributed by atoms with van der Waals surface area (Å²) in [5.41, 5.74) is 2.30. The predicted molar refractivity (Wildman–Crippen MR) is 105 cm³/mol. The zero-order chi connectivity index (χ0) is 18.4. The molecule has 6 heteroatoms. The molecule has 2 amide bonds. The average Bonchev–Trinajstić information content (AvgIpc) is 2.69. The first kappa shape index (κ1) is 18.4. The fourth-order valence-electron chi connectivity index (χ4n) is 3.07. The van der Waals surface area contributed by atoms with Crippen LogP contribution in [0, 0.1) is 0 Å². The Morgan fingerprint density at radius 2 is 1.85 bits per heavy atom. The smallest absolute Gasteiger partial charge is 0.317 e. The van der Waals surface area contributed by atoms with E-state index in [1.165, 1.54) is 0 Å². The van der Waals surface area contributed by atoms with Crippen molar-refractivity contribution in [1.29, 1.82) is 0 Å². The Kier molecular flexibility index (Phi) is 6.23. The first-order valence-electron chi connectivity index (χ1n) is 8.82. The first-order valence-corrected chi connectivity index (χ1v) is 9.20. The van der Waals surface area contributed by atoms with Crippen molar-refractivity contribution in [3.8, 4) is 5.75 Å². The number of hydrogen-bond donors (Lipinski definition) is 1. The standard InChI is InChI=1S/C20H24ClN3O2/c1-26-19-4-2-3-16(15-19)9-10-22-20(25)24-13-11-23(12-14-24)18-7-5-17(21)6-8-18/h2-8,15H,9-14H2,1H3,(H,22,25). The van der Waals surface area contributed by atoms with E-state index >= 15 is 0 Å². The van der Waals surface area contributed by atoms with Crippen molar-refractivity contribution in [3.05, 3.63) is 59.1 Å². The Hall–Kier alpha value is -2.40. The summed E-state index contributed by atoms with van der Waals surface area (Å²) in [6.45, 7) is 3.69. The normalized spacial score (nSPS) is 14.2. The van der Waals surface area contributed by atoms with Crippen LogP contribution >= 0.6 is 11.6 Å². The molecule has 0 spiro atoms. The summed E-state index contributed by atoms with van der Waals surface area (Å²) >= 11 is 5.94. The molecule has 138 valence electrons. The molecule has 1 heterocycles. The molecule has 26 heavy (non-hydrogen) atoms. The van der Waals surface area contributed by atoms with Crippen molar-refractivity contribution in [2.45, 2.75) is 6.42 Å². The molecular formula is C20H24ClN3O2. The second-order valence-corrected chi connectivity index (χ2v) is 6.72. The van der Waals surface area contributed by atoms with Crippen molar-refractivity contribution in [2.24, 2.45) is 0 Å². The van der Waals surface area contributed by atoms with Crippen LogP contribution in [0.3, 0.4) is 0 Å². The van der Waals surface area contributed by atoms with Crippen molar-refractivity contribution in [2.75, 3.05) is 44.7 Å². The molecule has 1 N–H and O–H groups in total. The van der Waals surface area contributed by atoms with Gasteiger partial charge in [-0.1, -0.05) is 23.7 Å². The number of piperazine rings is 1. The number of halogens is 1. The third-order valence-electron chi connectivity index (χ3n) is 4.58. The Bertz CT molecular complexity index is 728. The highest BCUT2D eigenvalue weighted by Gasteiger charge is 2.20. The SMILES string of the molecule is COc1cccc(CCNC(=O)N2CCN(c3ccc(Cl)cc3)CC2)c1. The molecule has 0 aromatic heterocycles. The number of carbonyl (C=O) groups excluding carboxylic acids is 1. The maximum atomic E-state index is 12.4. The van der Waals surface area contributed by atoms with E-state index in [1.54, 1.807) is 7.11 Å². The van der Waals surface area contributed by atoms with Crippen LogP contribution in [-0.4, -0.2) is 50.8 Å². The van der Waals surface area contributed by atoms with Crippen molar-refractivity contribution in [3.63, 3.8) is 0 Å². The van der Waals surface area contributed by atoms with Gasteiger partial charge in [0.05, 0.1) is 7.11 Å². The highest BCUT2D eigenvalue weighted by molar-refractivity contribution is 6.30. The van der Waals surface area contributed by atoms with Crippen molar-refractivity contribution >= 4 is 23.3 Å². The lowest BCUT2D eigenvalue weighted by Gasteiger charge is -2.36. The van der Waals surface area contributed by atoms with Gasteiger partial charge in [-0.25, -0.2) is 4.79 Å². The number of benzene rings is 2. The molecular weight excluding hydrogens is 350 g/mol. The van der Waals surface area contributed by atoms with Crippen LogP contribution in [0.15, 0.2) is 48.5 Å². The van der Waals surface area contributed by atoms with Crippen LogP contribution in [0.5, 0.6) is 5.75 Å². The quantitative estimate of drug-likeness (QED) is 0.873. The number of nitrogens with one attached hydrogen (secondary N) is 1. The molecule has 2 aromatic rings. The summed E-state index contributed by atoms with van der Waals surface area (Å²) in [6, 6.07) is 15.8. The van der Waals surface area contributed by atoms with Gasteiger partial charge in [0.1, 0.15) is 5.75 Å². The van der Waals surface area contributed by atoms with E-state index in [1.807, 2.05) is 53.4 Å². The molecule has 0 unspecified atom stereocenters. The third kappa shape index (κ3) is 4.82. The molecule has 3 rings (SSSR count). The van der Waals surface area contributed by atoms with Gasteiger partial charge < -0.3 is 19.9 Å². The van der Waals surface area contributed by atoms with E-state index in [0.29, 0.717) is 19.6 Å². The van der Waals surface area contributed by atoms with E-state index in [4.69, 9.17) is 16.3 Å². The highest BCUT2D eigenvalue weighted by atomic mass is 35.5. The monoisotopic (exact) mass is 373 g/mol. The largest absolute Gasteiger partial charge is 0.497 e. The van der Waals surface area contributed by atoms with Gasteiger partial charge in [0.25, 0.3) is 0 Å². The first-order chi connectivity index (χ1) is 12.7. The number of amides is 2. The maximum absolute atomic E-state index is 12.4. The van der Waals surface area contributed by atoms with E-state index in [-0.39, 0.29) is 6.03 Å². The molecule has 1 fully saturated rings. The van der Waals surface area contributed by atoms with Crippen LogP contribution in [-0.2, 0) is 6.42 Å². The van der Waals surface area contributed by atoms with Gasteiger partial charge in [0.15, 0.2) is 0 Å². The molecule has 1 aliphatic rings. The lowest BCUT2D eigenvalue weighted by Crippen LogP contribution is -2.52. The van der Waals surface area contributed by atoms with Gasteiger partial charge in [0, 0.05) is 43.4 Å². The Morgan fingerprint density at radius 1 is 1.12 bits per heavy atom. The summed E-state index contributed by atoms with van der Waals surface area (Å²) in [4.78, 5) is 16.5. The Labute approximate surface area is 159 Å². The second kappa shape index (κ2) is 8.81. The van der Waals surface area contributed by atoms with E-state index in [2.05, 4.69) is 10.2 Å². The van der Waals surface area contributed by atoms with Crippen LogP contribution in [0.1, 0.15) is 5.56 Å². The highest BCUT2D eigenvalue weighted by Crippen LogP contribution is 2.19. The zero-order valence-electron chi connectivity index (χ0n) is 15.0. The fraction of sp³-hybridized carbons (Fsp3) is 0.350. The van der Waals surface area contributed by atoms with Gasteiger partial charge in [0.2, 0.25) is 0 Å². The minimum Gasteiger partial charge on any atom is -0.497 e. The fourth-order valence-corrected chi connectivity index (χ4v) is 3.20. The number of urea groups is 1. The van der Waals surface area contributed by atoms with Crippen molar-refractivity contribution in [1.82, 2.24) is 10.2 Å². The summed E-state index contributed by atoms with van der Waals surface area (Å²) < 4.78 is 5.22.